The minimum atomic E-state index is -3.48. The second-order valence-corrected chi connectivity index (χ2v) is 12.2. The van der Waals surface area contributed by atoms with Gasteiger partial charge in [-0.1, -0.05) is 6.92 Å². The number of rotatable bonds is 8. The van der Waals surface area contributed by atoms with Gasteiger partial charge in [-0.15, -0.1) is 0 Å². The summed E-state index contributed by atoms with van der Waals surface area (Å²) in [5.74, 6) is 0.0495. The van der Waals surface area contributed by atoms with Crippen LogP contribution < -0.4 is 10.2 Å². The Morgan fingerprint density at radius 3 is 2.34 bits per heavy atom. The standard InChI is InChI=1S/C25H40FN5O3S/c1-21-9-14-30(15-10-21)35(33,34)31-13-2-4-22(20-31)25(32)27-11-3-12-28-16-18-29(19-17-28)24-7-5-23(26)6-8-24/h5-8,21-22H,2-4,9-20H2,1H3,(H,27,32)/t22-/m0/s1. The Bertz CT molecular complexity index is 929. The Hall–Kier alpha value is -1.75. The molecule has 0 aromatic heterocycles. The summed E-state index contributed by atoms with van der Waals surface area (Å²) in [5.41, 5.74) is 1.05. The lowest BCUT2D eigenvalue weighted by Gasteiger charge is -2.37. The van der Waals surface area contributed by atoms with Crippen LogP contribution in [0, 0.1) is 17.7 Å². The van der Waals surface area contributed by atoms with Crippen LogP contribution in [0.5, 0.6) is 0 Å². The molecule has 0 aliphatic carbocycles. The predicted molar refractivity (Wildman–Crippen MR) is 136 cm³/mol. The topological polar surface area (TPSA) is 76.2 Å². The van der Waals surface area contributed by atoms with E-state index in [1.807, 2.05) is 12.1 Å². The van der Waals surface area contributed by atoms with Crippen molar-refractivity contribution in [1.82, 2.24) is 18.8 Å². The molecule has 3 aliphatic heterocycles. The summed E-state index contributed by atoms with van der Waals surface area (Å²) in [5, 5.41) is 3.04. The molecular formula is C25H40FN5O3S. The van der Waals surface area contributed by atoms with E-state index in [1.54, 1.807) is 4.31 Å². The Kier molecular flexibility index (Phi) is 9.02. The van der Waals surface area contributed by atoms with Crippen LogP contribution in [0.3, 0.4) is 0 Å². The number of halogens is 1. The van der Waals surface area contributed by atoms with Gasteiger partial charge < -0.3 is 10.2 Å². The summed E-state index contributed by atoms with van der Waals surface area (Å²) in [7, 11) is -3.48. The van der Waals surface area contributed by atoms with Crippen molar-refractivity contribution in [2.75, 3.05) is 70.3 Å². The van der Waals surface area contributed by atoms with Crippen LogP contribution in [0.25, 0.3) is 0 Å². The van der Waals surface area contributed by atoms with Crippen molar-refractivity contribution in [3.8, 4) is 0 Å². The molecule has 0 radical (unpaired) electrons. The fraction of sp³-hybridized carbons (Fsp3) is 0.720. The maximum absolute atomic E-state index is 13.1. The molecule has 4 rings (SSSR count). The third-order valence-electron chi connectivity index (χ3n) is 7.66. The summed E-state index contributed by atoms with van der Waals surface area (Å²) in [4.78, 5) is 17.4. The smallest absolute Gasteiger partial charge is 0.281 e. The van der Waals surface area contributed by atoms with E-state index in [-0.39, 0.29) is 24.2 Å². The first kappa shape index (κ1) is 26.3. The molecule has 3 aliphatic rings. The molecule has 1 aromatic rings. The minimum Gasteiger partial charge on any atom is -0.369 e. The number of hydrogen-bond donors (Lipinski definition) is 1. The molecule has 1 atom stereocenters. The Labute approximate surface area is 209 Å². The van der Waals surface area contributed by atoms with E-state index in [9.17, 15) is 17.6 Å². The van der Waals surface area contributed by atoms with Gasteiger partial charge in [-0.05, 0) is 68.8 Å². The number of piperazine rings is 1. The minimum absolute atomic E-state index is 0.0294. The first-order valence-electron chi connectivity index (χ1n) is 13.1. The predicted octanol–water partition coefficient (Wildman–Crippen LogP) is 2.14. The molecule has 3 saturated heterocycles. The van der Waals surface area contributed by atoms with Crippen molar-refractivity contribution >= 4 is 21.8 Å². The first-order valence-corrected chi connectivity index (χ1v) is 14.5. The van der Waals surface area contributed by atoms with E-state index in [1.165, 1.54) is 16.4 Å². The van der Waals surface area contributed by atoms with Crippen LogP contribution in [-0.2, 0) is 15.0 Å². The zero-order valence-corrected chi connectivity index (χ0v) is 21.7. The van der Waals surface area contributed by atoms with Crippen molar-refractivity contribution in [2.24, 2.45) is 11.8 Å². The van der Waals surface area contributed by atoms with Gasteiger partial charge in [-0.25, -0.2) is 4.39 Å². The number of nitrogens with zero attached hydrogens (tertiary/aromatic N) is 4. The van der Waals surface area contributed by atoms with Crippen LogP contribution in [0.2, 0.25) is 0 Å². The number of nitrogens with one attached hydrogen (secondary N) is 1. The van der Waals surface area contributed by atoms with Gasteiger partial charge in [0, 0.05) is 64.6 Å². The lowest BCUT2D eigenvalue weighted by atomic mass is 9.99. The summed E-state index contributed by atoms with van der Waals surface area (Å²) < 4.78 is 42.4. The molecule has 35 heavy (non-hydrogen) atoms. The average Bonchev–Trinajstić information content (AvgIpc) is 2.88. The third kappa shape index (κ3) is 6.93. The lowest BCUT2D eigenvalue weighted by molar-refractivity contribution is -0.126. The normalized spacial score (nSPS) is 23.9. The van der Waals surface area contributed by atoms with E-state index in [2.05, 4.69) is 22.0 Å². The number of anilines is 1. The van der Waals surface area contributed by atoms with E-state index in [4.69, 9.17) is 0 Å². The highest BCUT2D eigenvalue weighted by molar-refractivity contribution is 7.86. The molecule has 3 fully saturated rings. The molecule has 8 nitrogen and oxygen atoms in total. The maximum atomic E-state index is 13.1. The Morgan fingerprint density at radius 2 is 1.66 bits per heavy atom. The molecule has 0 saturated carbocycles. The van der Waals surface area contributed by atoms with Crippen LogP contribution >= 0.6 is 0 Å². The molecule has 0 spiro atoms. The molecule has 0 unspecified atom stereocenters. The number of amides is 1. The summed E-state index contributed by atoms with van der Waals surface area (Å²) >= 11 is 0. The van der Waals surface area contributed by atoms with Crippen molar-refractivity contribution in [1.29, 1.82) is 0 Å². The van der Waals surface area contributed by atoms with Crippen LogP contribution in [0.1, 0.15) is 39.0 Å². The largest absolute Gasteiger partial charge is 0.369 e. The summed E-state index contributed by atoms with van der Waals surface area (Å²) in [6.45, 7) is 9.31. The SMILES string of the molecule is CC1CCN(S(=O)(=O)N2CCC[C@H](C(=O)NCCCN3CCN(c4ccc(F)cc4)CC3)C2)CC1. The molecule has 10 heteroatoms. The Balaban J connectivity index is 1.15. The molecule has 196 valence electrons. The fourth-order valence-electron chi connectivity index (χ4n) is 5.29. The van der Waals surface area contributed by atoms with Gasteiger partial charge in [0.05, 0.1) is 5.92 Å². The van der Waals surface area contributed by atoms with Gasteiger partial charge in [0.15, 0.2) is 0 Å². The number of hydrogen-bond acceptors (Lipinski definition) is 5. The number of carbonyl (C=O) groups is 1. The van der Waals surface area contributed by atoms with E-state index in [0.717, 1.165) is 70.5 Å². The van der Waals surface area contributed by atoms with Gasteiger partial charge in [-0.3, -0.25) is 9.69 Å². The number of carbonyl (C=O) groups excluding carboxylic acids is 1. The zero-order valence-electron chi connectivity index (χ0n) is 20.9. The summed E-state index contributed by atoms with van der Waals surface area (Å²) in [6.07, 6.45) is 4.12. The monoisotopic (exact) mass is 509 g/mol. The van der Waals surface area contributed by atoms with E-state index in [0.29, 0.717) is 32.1 Å². The zero-order chi connectivity index (χ0) is 24.8. The molecule has 0 bridgehead atoms. The van der Waals surface area contributed by atoms with Gasteiger partial charge in [0.2, 0.25) is 5.91 Å². The molecule has 1 amide bonds. The van der Waals surface area contributed by atoms with Crippen molar-refractivity contribution in [2.45, 2.75) is 39.0 Å². The summed E-state index contributed by atoms with van der Waals surface area (Å²) in [6, 6.07) is 6.65. The van der Waals surface area contributed by atoms with Crippen molar-refractivity contribution < 1.29 is 17.6 Å². The lowest BCUT2D eigenvalue weighted by Crippen LogP contribution is -2.52. The highest BCUT2D eigenvalue weighted by Gasteiger charge is 2.36. The van der Waals surface area contributed by atoms with Crippen LogP contribution in [-0.4, -0.2) is 93.3 Å². The second-order valence-electron chi connectivity index (χ2n) is 10.2. The Morgan fingerprint density at radius 1 is 0.971 bits per heavy atom. The molecular weight excluding hydrogens is 469 g/mol. The molecule has 3 heterocycles. The van der Waals surface area contributed by atoms with Gasteiger partial charge in [0.1, 0.15) is 5.82 Å². The maximum Gasteiger partial charge on any atom is 0.281 e. The quantitative estimate of drug-likeness (QED) is 0.544. The van der Waals surface area contributed by atoms with Gasteiger partial charge in [-0.2, -0.15) is 17.0 Å². The molecule has 1 aromatic carbocycles. The van der Waals surface area contributed by atoms with Crippen molar-refractivity contribution in [3.05, 3.63) is 30.1 Å². The third-order valence-corrected chi connectivity index (χ3v) is 9.67. The van der Waals surface area contributed by atoms with Gasteiger partial charge >= 0.3 is 0 Å². The van der Waals surface area contributed by atoms with Gasteiger partial charge in [0.25, 0.3) is 10.2 Å². The van der Waals surface area contributed by atoms with Crippen LogP contribution in [0.4, 0.5) is 10.1 Å². The number of benzene rings is 1. The van der Waals surface area contributed by atoms with Crippen molar-refractivity contribution in [3.63, 3.8) is 0 Å². The second kappa shape index (κ2) is 12.0. The highest BCUT2D eigenvalue weighted by Crippen LogP contribution is 2.25. The van der Waals surface area contributed by atoms with E-state index >= 15 is 0 Å². The van der Waals surface area contributed by atoms with E-state index < -0.39 is 10.2 Å². The average molecular weight is 510 g/mol. The molecule has 1 N–H and O–H groups in total. The number of piperidine rings is 2. The highest BCUT2D eigenvalue weighted by atomic mass is 32.2. The first-order chi connectivity index (χ1) is 16.8. The fourth-order valence-corrected chi connectivity index (χ4v) is 7.01. The van der Waals surface area contributed by atoms with Crippen LogP contribution in [0.15, 0.2) is 24.3 Å².